The first-order valence-corrected chi connectivity index (χ1v) is 6.99. The van der Waals surface area contributed by atoms with Crippen LogP contribution < -0.4 is 0 Å². The molecule has 0 bridgehead atoms. The summed E-state index contributed by atoms with van der Waals surface area (Å²) in [5.74, 6) is -1.24. The van der Waals surface area contributed by atoms with Crippen LogP contribution in [-0.2, 0) is 16.0 Å². The monoisotopic (exact) mass is 297 g/mol. The van der Waals surface area contributed by atoms with E-state index in [1.807, 2.05) is 31.2 Å². The maximum absolute atomic E-state index is 11.9. The van der Waals surface area contributed by atoms with Crippen molar-refractivity contribution in [3.63, 3.8) is 0 Å². The van der Waals surface area contributed by atoms with Crippen LogP contribution in [0.15, 0.2) is 47.1 Å². The number of furan rings is 1. The first-order valence-electron chi connectivity index (χ1n) is 6.99. The number of carbonyl (C=O) groups is 2. The first kappa shape index (κ1) is 14.1. The van der Waals surface area contributed by atoms with Gasteiger partial charge in [-0.3, -0.25) is 4.79 Å². The van der Waals surface area contributed by atoms with Gasteiger partial charge in [-0.1, -0.05) is 24.3 Å². The van der Waals surface area contributed by atoms with Gasteiger partial charge in [0, 0.05) is 12.1 Å². The molecule has 3 rings (SSSR count). The van der Waals surface area contributed by atoms with E-state index in [-0.39, 0.29) is 12.1 Å². The van der Waals surface area contributed by atoms with Crippen LogP contribution in [0.5, 0.6) is 0 Å². The second-order valence-electron chi connectivity index (χ2n) is 5.07. The molecule has 0 aliphatic heterocycles. The van der Waals surface area contributed by atoms with Gasteiger partial charge in [0.2, 0.25) is 0 Å². The number of hydrogen-bond donors (Lipinski definition) is 1. The normalized spacial score (nSPS) is 10.8. The third-order valence-electron chi connectivity index (χ3n) is 3.53. The predicted molar refractivity (Wildman–Crippen MR) is 80.5 cm³/mol. The van der Waals surface area contributed by atoms with Gasteiger partial charge in [-0.05, 0) is 24.5 Å². The third-order valence-corrected chi connectivity index (χ3v) is 3.53. The van der Waals surface area contributed by atoms with Crippen molar-refractivity contribution in [3.8, 4) is 0 Å². The number of benzene rings is 1. The molecule has 0 saturated carbocycles. The molecular weight excluding hydrogens is 282 g/mol. The summed E-state index contributed by atoms with van der Waals surface area (Å²) in [7, 11) is 0. The highest BCUT2D eigenvalue weighted by Crippen LogP contribution is 2.17. The Morgan fingerprint density at radius 3 is 2.82 bits per heavy atom. The Labute approximate surface area is 126 Å². The summed E-state index contributed by atoms with van der Waals surface area (Å²) >= 11 is 0. The zero-order valence-corrected chi connectivity index (χ0v) is 12.1. The van der Waals surface area contributed by atoms with Crippen LogP contribution in [-0.4, -0.2) is 16.9 Å². The van der Waals surface area contributed by atoms with E-state index in [1.54, 1.807) is 6.07 Å². The molecule has 112 valence electrons. The van der Waals surface area contributed by atoms with E-state index < -0.39 is 11.9 Å². The summed E-state index contributed by atoms with van der Waals surface area (Å²) < 4.78 is 9.99. The zero-order valence-electron chi connectivity index (χ0n) is 12.1. The Morgan fingerprint density at radius 2 is 2.05 bits per heavy atom. The highest BCUT2D eigenvalue weighted by molar-refractivity contribution is 5.98. The smallest absolute Gasteiger partial charge is 0.362 e. The predicted octanol–water partition coefficient (Wildman–Crippen LogP) is 3.39. The number of ether oxygens (including phenoxy) is 1. The van der Waals surface area contributed by atoms with E-state index in [0.717, 1.165) is 11.1 Å². The molecule has 3 aromatic rings. The average molecular weight is 297 g/mol. The summed E-state index contributed by atoms with van der Waals surface area (Å²) in [4.78, 5) is 26.5. The quantitative estimate of drug-likeness (QED) is 0.592. The number of nitrogens with one attached hydrogen (secondary N) is 1. The second-order valence-corrected chi connectivity index (χ2v) is 5.07. The fourth-order valence-corrected chi connectivity index (χ4v) is 2.29. The molecular formula is C17H15NO4. The van der Waals surface area contributed by atoms with E-state index >= 15 is 0 Å². The van der Waals surface area contributed by atoms with Crippen molar-refractivity contribution in [1.82, 2.24) is 4.98 Å². The van der Waals surface area contributed by atoms with E-state index in [9.17, 15) is 9.59 Å². The SMILES string of the molecule is Cc1ccccc1CCC(=O)OC(=O)c1cc2occc2[nH]1. The molecule has 0 fully saturated rings. The zero-order chi connectivity index (χ0) is 15.5. The van der Waals surface area contributed by atoms with Crippen molar-refractivity contribution < 1.29 is 18.7 Å². The lowest BCUT2D eigenvalue weighted by atomic mass is 10.0. The van der Waals surface area contributed by atoms with E-state index in [2.05, 4.69) is 4.98 Å². The van der Waals surface area contributed by atoms with Gasteiger partial charge >= 0.3 is 11.9 Å². The molecule has 2 heterocycles. The lowest BCUT2D eigenvalue weighted by Crippen LogP contribution is -2.13. The average Bonchev–Trinajstić information content (AvgIpc) is 3.07. The molecule has 0 radical (unpaired) electrons. The van der Waals surface area contributed by atoms with Gasteiger partial charge in [0.05, 0.1) is 18.2 Å². The maximum atomic E-state index is 11.9. The highest BCUT2D eigenvalue weighted by Gasteiger charge is 2.16. The summed E-state index contributed by atoms with van der Waals surface area (Å²) in [6, 6.07) is 11.0. The van der Waals surface area contributed by atoms with Crippen molar-refractivity contribution in [2.45, 2.75) is 19.8 Å². The Balaban J connectivity index is 1.58. The number of H-pyrrole nitrogens is 1. The molecule has 1 N–H and O–H groups in total. The molecule has 0 spiro atoms. The van der Waals surface area contributed by atoms with Crippen LogP contribution in [0.1, 0.15) is 28.0 Å². The molecule has 0 aliphatic carbocycles. The fourth-order valence-electron chi connectivity index (χ4n) is 2.29. The minimum Gasteiger partial charge on any atom is -0.463 e. The number of hydrogen-bond acceptors (Lipinski definition) is 4. The number of aryl methyl sites for hydroxylation is 2. The lowest BCUT2D eigenvalue weighted by molar-refractivity contribution is -0.137. The number of aromatic amines is 1. The number of rotatable bonds is 4. The summed E-state index contributed by atoms with van der Waals surface area (Å²) in [6.45, 7) is 1.99. The van der Waals surface area contributed by atoms with Crippen molar-refractivity contribution in [2.75, 3.05) is 0 Å². The Bertz CT molecular complexity index is 799. The minimum atomic E-state index is -0.693. The molecule has 2 aromatic heterocycles. The standard InChI is InChI=1S/C17H15NO4/c1-11-4-2-3-5-12(11)6-7-16(19)22-17(20)14-10-15-13(18-14)8-9-21-15/h2-5,8-10,18H,6-7H2,1H3. The number of aromatic nitrogens is 1. The van der Waals surface area contributed by atoms with Gasteiger partial charge in [0.15, 0.2) is 5.58 Å². The van der Waals surface area contributed by atoms with Crippen LogP contribution in [0.3, 0.4) is 0 Å². The number of fused-ring (bicyclic) bond motifs is 1. The highest BCUT2D eigenvalue weighted by atomic mass is 16.6. The van der Waals surface area contributed by atoms with Gasteiger partial charge in [-0.15, -0.1) is 0 Å². The maximum Gasteiger partial charge on any atom is 0.362 e. The van der Waals surface area contributed by atoms with Gasteiger partial charge < -0.3 is 14.1 Å². The van der Waals surface area contributed by atoms with E-state index in [1.165, 1.54) is 12.3 Å². The molecule has 5 heteroatoms. The van der Waals surface area contributed by atoms with Crippen molar-refractivity contribution in [3.05, 3.63) is 59.5 Å². The molecule has 5 nitrogen and oxygen atoms in total. The lowest BCUT2D eigenvalue weighted by Gasteiger charge is -2.05. The van der Waals surface area contributed by atoms with Gasteiger partial charge in [0.1, 0.15) is 5.69 Å². The summed E-state index contributed by atoms with van der Waals surface area (Å²) in [5, 5.41) is 0. The minimum absolute atomic E-state index is 0.160. The van der Waals surface area contributed by atoms with E-state index in [4.69, 9.17) is 9.15 Å². The first-order chi connectivity index (χ1) is 10.6. The molecule has 1 aromatic carbocycles. The fraction of sp³-hybridized carbons (Fsp3) is 0.176. The summed E-state index contributed by atoms with van der Waals surface area (Å²) in [6.07, 6.45) is 2.23. The van der Waals surface area contributed by atoms with Crippen LogP contribution in [0.4, 0.5) is 0 Å². The van der Waals surface area contributed by atoms with Crippen molar-refractivity contribution in [2.24, 2.45) is 0 Å². The Morgan fingerprint density at radius 1 is 1.23 bits per heavy atom. The molecule has 0 amide bonds. The van der Waals surface area contributed by atoms with E-state index in [0.29, 0.717) is 17.5 Å². The Kier molecular flexibility index (Phi) is 3.78. The third kappa shape index (κ3) is 2.93. The largest absolute Gasteiger partial charge is 0.463 e. The van der Waals surface area contributed by atoms with Gasteiger partial charge in [-0.25, -0.2) is 4.79 Å². The van der Waals surface area contributed by atoms with Crippen LogP contribution in [0.25, 0.3) is 11.1 Å². The number of esters is 2. The second kappa shape index (κ2) is 5.89. The van der Waals surface area contributed by atoms with Gasteiger partial charge in [0.25, 0.3) is 0 Å². The van der Waals surface area contributed by atoms with Crippen LogP contribution >= 0.6 is 0 Å². The molecule has 0 unspecified atom stereocenters. The molecule has 0 atom stereocenters. The topological polar surface area (TPSA) is 72.3 Å². The van der Waals surface area contributed by atoms with Crippen LogP contribution in [0, 0.1) is 6.92 Å². The molecule has 22 heavy (non-hydrogen) atoms. The number of carbonyl (C=O) groups excluding carboxylic acids is 2. The summed E-state index contributed by atoms with van der Waals surface area (Å²) in [5.41, 5.74) is 3.65. The molecule has 0 saturated heterocycles. The van der Waals surface area contributed by atoms with Gasteiger partial charge in [-0.2, -0.15) is 0 Å². The molecule has 0 aliphatic rings. The van der Waals surface area contributed by atoms with Crippen molar-refractivity contribution in [1.29, 1.82) is 0 Å². The Hall–Kier alpha value is -2.82. The van der Waals surface area contributed by atoms with Crippen LogP contribution in [0.2, 0.25) is 0 Å². The van der Waals surface area contributed by atoms with Crippen molar-refractivity contribution >= 4 is 23.0 Å².